The molecule has 8 heteroatoms. The lowest BCUT2D eigenvalue weighted by Gasteiger charge is -2.14. The third-order valence-corrected chi connectivity index (χ3v) is 15.7. The Kier molecular flexibility index (Phi) is 9.23. The van der Waals surface area contributed by atoms with Crippen molar-refractivity contribution in [3.63, 3.8) is 0 Å². The largest absolute Gasteiger partial charge is 0.178 e. The third-order valence-electron chi connectivity index (χ3n) is 4.63. The van der Waals surface area contributed by atoms with Crippen molar-refractivity contribution in [3.8, 4) is 0 Å². The van der Waals surface area contributed by atoms with Gasteiger partial charge in [-0.25, -0.2) is 0 Å². The van der Waals surface area contributed by atoms with Crippen molar-refractivity contribution in [2.24, 2.45) is 0 Å². The first-order valence-electron chi connectivity index (χ1n) is 9.30. The Morgan fingerprint density at radius 3 is 1.61 bits per heavy atom. The van der Waals surface area contributed by atoms with E-state index in [1.807, 2.05) is 23.5 Å². The van der Waals surface area contributed by atoms with Gasteiger partial charge in [0.2, 0.25) is 0 Å². The molecular formula is C20H24S8. The van der Waals surface area contributed by atoms with Crippen LogP contribution in [0.25, 0.3) is 10.8 Å². The molecule has 0 aromatic heterocycles. The summed E-state index contributed by atoms with van der Waals surface area (Å²) in [6, 6.07) is 13.6. The summed E-state index contributed by atoms with van der Waals surface area (Å²) in [6.45, 7) is 0. The molecule has 0 saturated carbocycles. The Morgan fingerprint density at radius 2 is 1.21 bits per heavy atom. The summed E-state index contributed by atoms with van der Waals surface area (Å²) >= 11 is 21.4. The summed E-state index contributed by atoms with van der Waals surface area (Å²) in [6.07, 6.45) is 0. The average Bonchev–Trinajstić information content (AvgIpc) is 3.40. The molecule has 4 atom stereocenters. The van der Waals surface area contributed by atoms with Gasteiger partial charge in [-0.1, -0.05) is 24.3 Å². The molecule has 0 radical (unpaired) electrons. The number of benzene rings is 2. The predicted octanol–water partition coefficient (Wildman–Crippen LogP) is 7.23. The molecule has 28 heavy (non-hydrogen) atoms. The lowest BCUT2D eigenvalue weighted by atomic mass is 10.1. The van der Waals surface area contributed by atoms with Gasteiger partial charge in [0.15, 0.2) is 0 Å². The smallest absolute Gasteiger partial charge is 0.0600 e. The third kappa shape index (κ3) is 5.84. The van der Waals surface area contributed by atoms with E-state index >= 15 is 0 Å². The van der Waals surface area contributed by atoms with Gasteiger partial charge >= 0.3 is 0 Å². The topological polar surface area (TPSA) is 0 Å². The average molecular weight is 521 g/mol. The molecule has 0 N–H and O–H groups in total. The predicted molar refractivity (Wildman–Crippen MR) is 148 cm³/mol. The summed E-state index contributed by atoms with van der Waals surface area (Å²) in [5.74, 6) is 6.86. The number of rotatable bonds is 8. The number of hydrogen-bond donors (Lipinski definition) is 2. The van der Waals surface area contributed by atoms with Crippen LogP contribution < -0.4 is 0 Å². The van der Waals surface area contributed by atoms with E-state index in [0.29, 0.717) is 9.16 Å². The Balaban J connectivity index is 1.41. The molecule has 0 amide bonds. The second-order valence-electron chi connectivity index (χ2n) is 6.64. The van der Waals surface area contributed by atoms with Crippen LogP contribution in [0, 0.1) is 0 Å². The second-order valence-corrected chi connectivity index (χ2v) is 15.6. The number of thiol groups is 2. The van der Waals surface area contributed by atoms with E-state index in [4.69, 9.17) is 0 Å². The Bertz CT molecular complexity index is 717. The number of thioether (sulfide) groups is 6. The first-order chi connectivity index (χ1) is 13.8. The SMILES string of the molecule is SCC1CSC(CSc2ccc(SCC3SCC(CS)S3)c3ccccc23)S1. The zero-order valence-electron chi connectivity index (χ0n) is 15.4. The van der Waals surface area contributed by atoms with Crippen LogP contribution in [0.4, 0.5) is 0 Å². The molecule has 4 rings (SSSR count). The van der Waals surface area contributed by atoms with E-state index in [0.717, 1.165) is 22.0 Å². The van der Waals surface area contributed by atoms with Gasteiger partial charge < -0.3 is 0 Å². The van der Waals surface area contributed by atoms with Gasteiger partial charge in [0.05, 0.1) is 9.16 Å². The zero-order valence-corrected chi connectivity index (χ0v) is 22.0. The van der Waals surface area contributed by atoms with Crippen molar-refractivity contribution in [1.29, 1.82) is 0 Å². The maximum absolute atomic E-state index is 4.47. The van der Waals surface area contributed by atoms with Gasteiger partial charge in [-0.3, -0.25) is 0 Å². The quantitative estimate of drug-likeness (QED) is 0.276. The maximum atomic E-state index is 4.47. The maximum Gasteiger partial charge on any atom is 0.0600 e. The van der Waals surface area contributed by atoms with E-state index in [1.54, 1.807) is 0 Å². The van der Waals surface area contributed by atoms with Gasteiger partial charge in [0.1, 0.15) is 0 Å². The molecule has 0 spiro atoms. The van der Waals surface area contributed by atoms with E-state index in [2.05, 4.69) is 109 Å². The molecule has 0 bridgehead atoms. The highest BCUT2D eigenvalue weighted by atomic mass is 32.2. The van der Waals surface area contributed by atoms with Crippen LogP contribution in [0.2, 0.25) is 0 Å². The highest BCUT2D eigenvalue weighted by molar-refractivity contribution is 8.22. The summed E-state index contributed by atoms with van der Waals surface area (Å²) in [5.41, 5.74) is 0. The highest BCUT2D eigenvalue weighted by Crippen LogP contribution is 2.44. The van der Waals surface area contributed by atoms with Crippen LogP contribution in [0.5, 0.6) is 0 Å². The normalized spacial score (nSPS) is 27.6. The standard InChI is InChI=1S/C20H24S8/c21-7-13-9-25-19(27-13)11-23-17-5-6-18(16-4-2-1-3-15(16)17)24-12-20-26-10-14(8-22)28-20/h1-6,13-14,19-22H,7-12H2. The minimum Gasteiger partial charge on any atom is -0.178 e. The lowest BCUT2D eigenvalue weighted by Crippen LogP contribution is -2.03. The van der Waals surface area contributed by atoms with Crippen molar-refractivity contribution >= 4 is 107 Å². The van der Waals surface area contributed by atoms with Crippen LogP contribution in [0.1, 0.15) is 0 Å². The van der Waals surface area contributed by atoms with Crippen molar-refractivity contribution in [1.82, 2.24) is 0 Å². The van der Waals surface area contributed by atoms with Gasteiger partial charge in [-0.2, -0.15) is 25.3 Å². The van der Waals surface area contributed by atoms with E-state index in [1.165, 1.54) is 43.6 Å². The molecule has 4 unspecified atom stereocenters. The van der Waals surface area contributed by atoms with Crippen molar-refractivity contribution in [2.75, 3.05) is 34.5 Å². The molecule has 2 aromatic carbocycles. The van der Waals surface area contributed by atoms with Gasteiger partial charge in [0, 0.05) is 54.8 Å². The lowest BCUT2D eigenvalue weighted by molar-refractivity contribution is 1.17. The fourth-order valence-corrected chi connectivity index (χ4v) is 13.4. The van der Waals surface area contributed by atoms with Crippen molar-refractivity contribution in [2.45, 2.75) is 29.5 Å². The minimum absolute atomic E-state index is 0.700. The monoisotopic (exact) mass is 520 g/mol. The Hall–Kier alpha value is 1.50. The van der Waals surface area contributed by atoms with E-state index in [-0.39, 0.29) is 0 Å². The Morgan fingerprint density at radius 1 is 0.750 bits per heavy atom. The van der Waals surface area contributed by atoms with Gasteiger partial charge in [-0.15, -0.1) is 70.6 Å². The Labute approximate surface area is 205 Å². The first-order valence-corrected chi connectivity index (χ1v) is 16.5. The molecule has 0 nitrogen and oxygen atoms in total. The number of hydrogen-bond acceptors (Lipinski definition) is 8. The summed E-state index contributed by atoms with van der Waals surface area (Å²) in [5, 5.41) is 4.28. The molecule has 2 aliphatic rings. The molecule has 2 aromatic rings. The van der Waals surface area contributed by atoms with Crippen LogP contribution >= 0.6 is 95.8 Å². The van der Waals surface area contributed by atoms with Crippen LogP contribution in [-0.4, -0.2) is 54.2 Å². The fourth-order valence-electron chi connectivity index (χ4n) is 3.19. The fraction of sp³-hybridized carbons (Fsp3) is 0.500. The van der Waals surface area contributed by atoms with Gasteiger partial charge in [-0.05, 0) is 22.9 Å². The number of fused-ring (bicyclic) bond motifs is 1. The van der Waals surface area contributed by atoms with Gasteiger partial charge in [0.25, 0.3) is 0 Å². The highest BCUT2D eigenvalue weighted by Gasteiger charge is 2.26. The summed E-state index contributed by atoms with van der Waals surface area (Å²) in [7, 11) is 0. The molecule has 2 fully saturated rings. The van der Waals surface area contributed by atoms with Crippen LogP contribution in [0.15, 0.2) is 46.2 Å². The molecule has 2 saturated heterocycles. The molecular weight excluding hydrogens is 497 g/mol. The molecule has 2 aliphatic heterocycles. The van der Waals surface area contributed by atoms with E-state index in [9.17, 15) is 0 Å². The summed E-state index contributed by atoms with van der Waals surface area (Å²) in [4.78, 5) is 2.85. The molecule has 0 aliphatic carbocycles. The van der Waals surface area contributed by atoms with Crippen LogP contribution in [-0.2, 0) is 0 Å². The summed E-state index contributed by atoms with van der Waals surface area (Å²) < 4.78 is 1.40. The second kappa shape index (κ2) is 11.4. The van der Waals surface area contributed by atoms with Crippen LogP contribution in [0.3, 0.4) is 0 Å². The molecule has 152 valence electrons. The van der Waals surface area contributed by atoms with Crippen molar-refractivity contribution in [3.05, 3.63) is 36.4 Å². The first kappa shape index (κ1) is 22.7. The van der Waals surface area contributed by atoms with E-state index < -0.39 is 0 Å². The molecule has 2 heterocycles. The van der Waals surface area contributed by atoms with Crippen molar-refractivity contribution < 1.29 is 0 Å². The zero-order chi connectivity index (χ0) is 19.3. The minimum atomic E-state index is 0.700.